The van der Waals surface area contributed by atoms with Crippen molar-refractivity contribution in [1.82, 2.24) is 24.3 Å². The third-order valence-corrected chi connectivity index (χ3v) is 9.27. The Kier molecular flexibility index (Phi) is 8.86. The Bertz CT molecular complexity index is 1690. The number of nitrogens with zero attached hydrogens (tertiary/aromatic N) is 6. The van der Waals surface area contributed by atoms with E-state index in [9.17, 15) is 4.79 Å². The fourth-order valence-electron chi connectivity index (χ4n) is 6.93. The summed E-state index contributed by atoms with van der Waals surface area (Å²) in [6.07, 6.45) is 4.94. The maximum atomic E-state index is 14.6. The highest BCUT2D eigenvalue weighted by atomic mass is 16.5. The number of piperidine rings is 1. The molecule has 9 nitrogen and oxygen atoms in total. The first-order valence-electron chi connectivity index (χ1n) is 16.0. The number of hydrogen-bond acceptors (Lipinski definition) is 8. The predicted octanol–water partition coefficient (Wildman–Crippen LogP) is 5.63. The lowest BCUT2D eigenvalue weighted by Gasteiger charge is -2.35. The molecule has 0 unspecified atom stereocenters. The van der Waals surface area contributed by atoms with E-state index in [4.69, 9.17) is 14.7 Å². The van der Waals surface area contributed by atoms with Crippen LogP contribution in [0.5, 0.6) is 5.75 Å². The van der Waals surface area contributed by atoms with E-state index in [-0.39, 0.29) is 11.6 Å². The van der Waals surface area contributed by atoms with E-state index >= 15 is 0 Å². The highest BCUT2D eigenvalue weighted by Crippen LogP contribution is 2.35. The molecule has 2 aromatic heterocycles. The average molecular weight is 596 g/mol. The van der Waals surface area contributed by atoms with Crippen LogP contribution in [0.3, 0.4) is 0 Å². The van der Waals surface area contributed by atoms with Gasteiger partial charge < -0.3 is 24.8 Å². The Hall–Kier alpha value is -3.95. The molecule has 44 heavy (non-hydrogen) atoms. The van der Waals surface area contributed by atoms with Crippen LogP contribution in [0, 0.1) is 13.8 Å². The first-order valence-corrected chi connectivity index (χ1v) is 16.0. The monoisotopic (exact) mass is 595 g/mol. The van der Waals surface area contributed by atoms with Crippen LogP contribution >= 0.6 is 0 Å². The van der Waals surface area contributed by atoms with Gasteiger partial charge in [-0.3, -0.25) is 9.36 Å². The maximum Gasteiger partial charge on any atom is 0.260 e. The second-order valence-corrected chi connectivity index (χ2v) is 12.3. The molecule has 1 N–H and O–H groups in total. The van der Waals surface area contributed by atoms with Crippen molar-refractivity contribution in [3.05, 3.63) is 70.1 Å². The molecule has 4 heterocycles. The van der Waals surface area contributed by atoms with Gasteiger partial charge in [0, 0.05) is 61.2 Å². The molecule has 0 spiro atoms. The zero-order valence-electron chi connectivity index (χ0n) is 26.8. The van der Waals surface area contributed by atoms with Crippen molar-refractivity contribution >= 4 is 28.4 Å². The molecular formula is C35H45N7O2. The second kappa shape index (κ2) is 13.0. The molecule has 0 saturated carbocycles. The van der Waals surface area contributed by atoms with E-state index in [2.05, 4.69) is 59.1 Å². The van der Waals surface area contributed by atoms with E-state index in [1.165, 1.54) is 11.3 Å². The summed E-state index contributed by atoms with van der Waals surface area (Å²) >= 11 is 0. The molecule has 2 aliphatic heterocycles. The molecule has 2 aromatic carbocycles. The highest BCUT2D eigenvalue weighted by Gasteiger charge is 2.27. The van der Waals surface area contributed by atoms with Crippen molar-refractivity contribution in [3.8, 4) is 16.9 Å². The van der Waals surface area contributed by atoms with Crippen molar-refractivity contribution in [2.45, 2.75) is 46.1 Å². The number of para-hydroxylation sites is 1. The Morgan fingerprint density at radius 1 is 1.05 bits per heavy atom. The Labute approximate surface area is 260 Å². The second-order valence-electron chi connectivity index (χ2n) is 12.3. The van der Waals surface area contributed by atoms with Gasteiger partial charge in [-0.25, -0.2) is 4.98 Å². The molecule has 6 rings (SSSR count). The minimum Gasteiger partial charge on any atom is -0.496 e. The molecule has 232 valence electrons. The molecule has 2 fully saturated rings. The average Bonchev–Trinajstić information content (AvgIpc) is 3.02. The van der Waals surface area contributed by atoms with E-state index in [0.717, 1.165) is 87.3 Å². The number of likely N-dealkylation sites (N-methyl/N-ethyl adjacent to an activating group) is 1. The Balaban J connectivity index is 1.42. The van der Waals surface area contributed by atoms with Crippen molar-refractivity contribution in [2.75, 3.05) is 70.2 Å². The SMILES string of the molecule is CCCN1CCC[C@H](n2c(=O)c(-c3ccccc3OC)c(C)c3cnc(Nc4ccc(N5CCN(C)CC5)c(C)c4)nc32)C1. The van der Waals surface area contributed by atoms with Crippen LogP contribution in [0.2, 0.25) is 0 Å². The van der Waals surface area contributed by atoms with Crippen LogP contribution in [-0.2, 0) is 0 Å². The van der Waals surface area contributed by atoms with Crippen molar-refractivity contribution in [3.63, 3.8) is 0 Å². The van der Waals surface area contributed by atoms with E-state index in [1.54, 1.807) is 7.11 Å². The van der Waals surface area contributed by atoms with Crippen LogP contribution < -0.4 is 20.5 Å². The largest absolute Gasteiger partial charge is 0.496 e. The molecule has 2 aliphatic rings. The highest BCUT2D eigenvalue weighted by molar-refractivity contribution is 5.88. The van der Waals surface area contributed by atoms with Crippen molar-refractivity contribution in [2.24, 2.45) is 0 Å². The summed E-state index contributed by atoms with van der Waals surface area (Å²) in [5.74, 6) is 1.17. The standard InChI is InChI=1S/C35H45N7O2/c1-6-15-40-16-9-10-27(23-40)42-33-29(25(3)32(34(42)43)28-11-7-8-12-31(28)44-5)22-36-35(38-33)37-26-13-14-30(24(2)21-26)41-19-17-39(4)18-20-41/h7-8,11-14,21-22,27H,6,9-10,15-20,23H2,1-5H3,(H,36,37,38)/t27-/m0/s1. The molecule has 0 radical (unpaired) electrons. The van der Waals surface area contributed by atoms with Gasteiger partial charge in [0.05, 0.1) is 18.7 Å². The van der Waals surface area contributed by atoms with Crippen molar-refractivity contribution in [1.29, 1.82) is 0 Å². The number of rotatable bonds is 8. The number of ether oxygens (including phenoxy) is 1. The summed E-state index contributed by atoms with van der Waals surface area (Å²) < 4.78 is 7.65. The summed E-state index contributed by atoms with van der Waals surface area (Å²) in [7, 11) is 3.83. The number of fused-ring (bicyclic) bond motifs is 1. The quantitative estimate of drug-likeness (QED) is 0.281. The zero-order valence-corrected chi connectivity index (χ0v) is 26.8. The third kappa shape index (κ3) is 5.90. The zero-order chi connectivity index (χ0) is 30.8. The number of pyridine rings is 1. The number of likely N-dealkylation sites (tertiary alicyclic amines) is 1. The molecule has 9 heteroatoms. The van der Waals surface area contributed by atoms with Gasteiger partial charge in [-0.15, -0.1) is 0 Å². The lowest BCUT2D eigenvalue weighted by molar-refractivity contribution is 0.178. The summed E-state index contributed by atoms with van der Waals surface area (Å²) in [6, 6.07) is 14.2. The number of piperazine rings is 1. The number of benzene rings is 2. The minimum atomic E-state index is -0.0279. The molecular weight excluding hydrogens is 550 g/mol. The normalized spacial score (nSPS) is 18.1. The molecule has 0 aliphatic carbocycles. The first-order chi connectivity index (χ1) is 21.4. The minimum absolute atomic E-state index is 0.0206. The summed E-state index contributed by atoms with van der Waals surface area (Å²) in [4.78, 5) is 31.7. The van der Waals surface area contributed by atoms with E-state index in [1.807, 2.05) is 42.0 Å². The van der Waals surface area contributed by atoms with Gasteiger partial charge in [0.15, 0.2) is 0 Å². The third-order valence-electron chi connectivity index (χ3n) is 9.27. The number of hydrogen-bond donors (Lipinski definition) is 1. The van der Waals surface area contributed by atoms with Crippen molar-refractivity contribution < 1.29 is 4.74 Å². The maximum absolute atomic E-state index is 14.6. The summed E-state index contributed by atoms with van der Waals surface area (Å²) in [6.45, 7) is 13.5. The lowest BCUT2D eigenvalue weighted by atomic mass is 9.97. The molecule has 2 saturated heterocycles. The van der Waals surface area contributed by atoms with Gasteiger partial charge >= 0.3 is 0 Å². The molecule has 0 amide bonds. The Morgan fingerprint density at radius 2 is 1.84 bits per heavy atom. The summed E-state index contributed by atoms with van der Waals surface area (Å²) in [5, 5.41) is 4.32. The van der Waals surface area contributed by atoms with Gasteiger partial charge in [-0.05, 0) is 88.6 Å². The van der Waals surface area contributed by atoms with Crippen LogP contribution in [0.4, 0.5) is 17.3 Å². The van der Waals surface area contributed by atoms with Gasteiger partial charge in [0.1, 0.15) is 11.4 Å². The number of anilines is 3. The fourth-order valence-corrected chi connectivity index (χ4v) is 6.93. The first kappa shape index (κ1) is 30.1. The number of aryl methyl sites for hydroxylation is 2. The number of nitrogens with one attached hydrogen (secondary N) is 1. The van der Waals surface area contributed by atoms with Crippen LogP contribution in [0.1, 0.15) is 43.4 Å². The van der Waals surface area contributed by atoms with E-state index in [0.29, 0.717) is 22.9 Å². The summed E-state index contributed by atoms with van der Waals surface area (Å²) in [5.41, 5.74) is 6.39. The van der Waals surface area contributed by atoms with Gasteiger partial charge in [-0.2, -0.15) is 4.98 Å². The smallest absolute Gasteiger partial charge is 0.260 e. The molecule has 1 atom stereocenters. The van der Waals surface area contributed by atoms with Crippen LogP contribution in [-0.4, -0.2) is 84.3 Å². The lowest BCUT2D eigenvalue weighted by Crippen LogP contribution is -2.44. The fraction of sp³-hybridized carbons (Fsp3) is 0.457. The van der Waals surface area contributed by atoms with E-state index < -0.39 is 0 Å². The van der Waals surface area contributed by atoms with Gasteiger partial charge in [0.25, 0.3) is 5.56 Å². The number of aromatic nitrogens is 3. The predicted molar refractivity (Wildman–Crippen MR) is 180 cm³/mol. The van der Waals surface area contributed by atoms with Gasteiger partial charge in [0.2, 0.25) is 5.95 Å². The Morgan fingerprint density at radius 3 is 2.59 bits per heavy atom. The number of methoxy groups -OCH3 is 1. The van der Waals surface area contributed by atoms with Crippen LogP contribution in [0.15, 0.2) is 53.5 Å². The van der Waals surface area contributed by atoms with Gasteiger partial charge in [-0.1, -0.05) is 25.1 Å². The molecule has 4 aromatic rings. The molecule has 0 bridgehead atoms. The van der Waals surface area contributed by atoms with Crippen LogP contribution in [0.25, 0.3) is 22.2 Å². The topological polar surface area (TPSA) is 78.8 Å².